The summed E-state index contributed by atoms with van der Waals surface area (Å²) in [5.74, 6) is -1.50. The first kappa shape index (κ1) is 19.7. The molecule has 0 radical (unpaired) electrons. The third-order valence-corrected chi connectivity index (χ3v) is 7.14. The highest BCUT2D eigenvalue weighted by molar-refractivity contribution is 9.12. The number of benzene rings is 1. The Labute approximate surface area is 152 Å². The molecule has 124 valence electrons. The molecule has 0 bridgehead atoms. The molecule has 1 aromatic rings. The maximum Gasteiger partial charge on any atom is 0.322 e. The number of nitrogens with zero attached hydrogens (tertiary/aromatic N) is 1. The highest BCUT2D eigenvalue weighted by atomic mass is 79.9. The maximum absolute atomic E-state index is 12.5. The number of halogens is 3. The van der Waals surface area contributed by atoms with Gasteiger partial charge in [0.25, 0.3) is 0 Å². The Morgan fingerprint density at radius 3 is 2.45 bits per heavy atom. The number of esters is 1. The molecule has 0 aliphatic heterocycles. The fourth-order valence-electron chi connectivity index (χ4n) is 1.66. The number of hydrogen-bond donors (Lipinski definition) is 0. The Morgan fingerprint density at radius 2 is 1.95 bits per heavy atom. The molecule has 0 fully saturated rings. The molecule has 0 N–H and O–H groups in total. The van der Waals surface area contributed by atoms with Gasteiger partial charge in [-0.2, -0.15) is 0 Å². The fourth-order valence-corrected chi connectivity index (χ4v) is 3.71. The minimum absolute atomic E-state index is 0.121. The summed E-state index contributed by atoms with van der Waals surface area (Å²) < 4.78 is 30.6. The third-order valence-electron chi connectivity index (χ3n) is 2.79. The van der Waals surface area contributed by atoms with Crippen molar-refractivity contribution in [2.75, 3.05) is 29.0 Å². The molecule has 1 aromatic carbocycles. The maximum atomic E-state index is 12.5. The molecule has 0 spiro atoms. The monoisotopic (exact) mass is 475 g/mol. The molecule has 0 saturated carbocycles. The minimum Gasteiger partial charge on any atom is -0.468 e. The SMILES string of the molecule is COC(=O)CS(=O)(=O)N(CCC(Br)CBr)c1ccc(Cl)cc1. The lowest BCUT2D eigenvalue weighted by molar-refractivity contribution is -0.137. The van der Waals surface area contributed by atoms with E-state index in [1.54, 1.807) is 24.3 Å². The number of sulfonamides is 1. The standard InChI is InChI=1S/C13H16Br2ClNO4S/c1-21-13(18)9-22(19,20)17(7-6-10(15)8-14)12-4-2-11(16)3-5-12/h2-5,10H,6-9H2,1H3. The first-order valence-electron chi connectivity index (χ1n) is 6.33. The average molecular weight is 478 g/mol. The van der Waals surface area contributed by atoms with Crippen LogP contribution in [0, 0.1) is 0 Å². The van der Waals surface area contributed by atoms with Gasteiger partial charge in [-0.3, -0.25) is 9.10 Å². The van der Waals surface area contributed by atoms with E-state index in [0.29, 0.717) is 22.5 Å². The summed E-state index contributed by atoms with van der Waals surface area (Å²) in [5, 5.41) is 1.20. The Morgan fingerprint density at radius 1 is 1.36 bits per heavy atom. The van der Waals surface area contributed by atoms with E-state index in [4.69, 9.17) is 11.6 Å². The van der Waals surface area contributed by atoms with Gasteiger partial charge in [0.2, 0.25) is 10.0 Å². The zero-order valence-corrected chi connectivity index (χ0v) is 16.6. The van der Waals surface area contributed by atoms with Crippen molar-refractivity contribution in [2.45, 2.75) is 11.2 Å². The second-order valence-electron chi connectivity index (χ2n) is 4.42. The number of rotatable bonds is 8. The summed E-state index contributed by atoms with van der Waals surface area (Å²) in [6.45, 7) is 0.239. The largest absolute Gasteiger partial charge is 0.468 e. The lowest BCUT2D eigenvalue weighted by Crippen LogP contribution is -2.37. The number of ether oxygens (including phenoxy) is 1. The summed E-state index contributed by atoms with van der Waals surface area (Å²) in [6, 6.07) is 6.42. The molecule has 0 heterocycles. The van der Waals surface area contributed by atoms with Crippen LogP contribution in [0.25, 0.3) is 0 Å². The van der Waals surface area contributed by atoms with Crippen LogP contribution in [0.15, 0.2) is 24.3 Å². The van der Waals surface area contributed by atoms with Crippen molar-refractivity contribution in [1.82, 2.24) is 0 Å². The van der Waals surface area contributed by atoms with Gasteiger partial charge in [0.05, 0.1) is 12.8 Å². The Balaban J connectivity index is 3.04. The van der Waals surface area contributed by atoms with E-state index in [1.807, 2.05) is 0 Å². The van der Waals surface area contributed by atoms with E-state index in [9.17, 15) is 13.2 Å². The molecule has 9 heteroatoms. The second-order valence-corrected chi connectivity index (χ2v) is 8.69. The van der Waals surface area contributed by atoms with Crippen LogP contribution in [-0.2, 0) is 19.6 Å². The van der Waals surface area contributed by atoms with E-state index in [-0.39, 0.29) is 11.4 Å². The predicted octanol–water partition coefficient (Wildman–Crippen LogP) is 3.20. The van der Waals surface area contributed by atoms with Gasteiger partial charge < -0.3 is 4.74 Å². The van der Waals surface area contributed by atoms with Crippen molar-refractivity contribution in [3.05, 3.63) is 29.3 Å². The number of carbonyl (C=O) groups excluding carboxylic acids is 1. The number of hydrogen-bond acceptors (Lipinski definition) is 4. The van der Waals surface area contributed by atoms with Gasteiger partial charge in [0, 0.05) is 21.7 Å². The summed E-state index contributed by atoms with van der Waals surface area (Å²) in [4.78, 5) is 11.5. The van der Waals surface area contributed by atoms with Crippen molar-refractivity contribution >= 4 is 65.1 Å². The van der Waals surface area contributed by atoms with E-state index in [2.05, 4.69) is 36.6 Å². The second kappa shape index (κ2) is 9.10. The van der Waals surface area contributed by atoms with Crippen molar-refractivity contribution in [3.63, 3.8) is 0 Å². The number of carbonyl (C=O) groups is 1. The number of anilines is 1. The van der Waals surface area contributed by atoms with Crippen LogP contribution in [-0.4, -0.2) is 44.0 Å². The first-order chi connectivity index (χ1) is 10.3. The minimum atomic E-state index is -3.82. The number of alkyl halides is 2. The summed E-state index contributed by atoms with van der Waals surface area (Å²) in [7, 11) is -2.67. The third kappa shape index (κ3) is 6.06. The lowest BCUT2D eigenvalue weighted by Gasteiger charge is -2.24. The smallest absolute Gasteiger partial charge is 0.322 e. The summed E-state index contributed by atoms with van der Waals surface area (Å²) in [6.07, 6.45) is 0.578. The van der Waals surface area contributed by atoms with Gasteiger partial charge in [-0.25, -0.2) is 8.42 Å². The summed E-state index contributed by atoms with van der Waals surface area (Å²) >= 11 is 12.6. The molecule has 5 nitrogen and oxygen atoms in total. The first-order valence-corrected chi connectivity index (χ1v) is 10.4. The Kier molecular flexibility index (Phi) is 8.16. The van der Waals surface area contributed by atoms with Gasteiger partial charge in [0.1, 0.15) is 0 Å². The zero-order valence-electron chi connectivity index (χ0n) is 11.8. The molecule has 1 rings (SSSR count). The summed E-state index contributed by atoms with van der Waals surface area (Å²) in [5.41, 5.74) is 0.461. The van der Waals surface area contributed by atoms with Crippen LogP contribution < -0.4 is 4.31 Å². The normalized spacial score (nSPS) is 12.7. The van der Waals surface area contributed by atoms with Gasteiger partial charge in [-0.05, 0) is 30.7 Å². The predicted molar refractivity (Wildman–Crippen MR) is 95.7 cm³/mol. The van der Waals surface area contributed by atoms with E-state index in [1.165, 1.54) is 4.31 Å². The molecule has 0 amide bonds. The fraction of sp³-hybridized carbons (Fsp3) is 0.462. The number of methoxy groups -OCH3 is 1. The van der Waals surface area contributed by atoms with Crippen LogP contribution >= 0.6 is 43.5 Å². The molecular weight excluding hydrogens is 461 g/mol. The molecule has 1 atom stereocenters. The van der Waals surface area contributed by atoms with Crippen LogP contribution in [0.1, 0.15) is 6.42 Å². The Hall–Kier alpha value is -0.310. The molecule has 0 aliphatic rings. The van der Waals surface area contributed by atoms with Crippen LogP contribution in [0.3, 0.4) is 0 Å². The van der Waals surface area contributed by atoms with Crippen molar-refractivity contribution < 1.29 is 17.9 Å². The average Bonchev–Trinajstić information content (AvgIpc) is 2.48. The van der Waals surface area contributed by atoms with Crippen LogP contribution in [0.5, 0.6) is 0 Å². The van der Waals surface area contributed by atoms with Crippen molar-refractivity contribution in [3.8, 4) is 0 Å². The van der Waals surface area contributed by atoms with E-state index >= 15 is 0 Å². The highest BCUT2D eigenvalue weighted by Gasteiger charge is 2.26. The molecule has 22 heavy (non-hydrogen) atoms. The van der Waals surface area contributed by atoms with Crippen molar-refractivity contribution in [2.24, 2.45) is 0 Å². The molecule has 0 aromatic heterocycles. The van der Waals surface area contributed by atoms with Gasteiger partial charge in [-0.1, -0.05) is 43.5 Å². The van der Waals surface area contributed by atoms with Crippen molar-refractivity contribution in [1.29, 1.82) is 0 Å². The quantitative estimate of drug-likeness (QED) is 0.426. The Bertz CT molecular complexity index is 595. The van der Waals surface area contributed by atoms with E-state index in [0.717, 1.165) is 7.11 Å². The van der Waals surface area contributed by atoms with Crippen LogP contribution in [0.4, 0.5) is 5.69 Å². The van der Waals surface area contributed by atoms with Gasteiger partial charge in [0.15, 0.2) is 5.75 Å². The van der Waals surface area contributed by atoms with E-state index < -0.39 is 21.7 Å². The molecule has 0 saturated heterocycles. The topological polar surface area (TPSA) is 63.7 Å². The van der Waals surface area contributed by atoms with Crippen LogP contribution in [0.2, 0.25) is 5.02 Å². The molecule has 1 unspecified atom stereocenters. The molecular formula is C13H16Br2ClNO4S. The van der Waals surface area contributed by atoms with Gasteiger partial charge in [-0.15, -0.1) is 0 Å². The van der Waals surface area contributed by atoms with Gasteiger partial charge >= 0.3 is 5.97 Å². The lowest BCUT2D eigenvalue weighted by atomic mass is 10.3. The zero-order chi connectivity index (χ0) is 16.8. The molecule has 0 aliphatic carbocycles. The highest BCUT2D eigenvalue weighted by Crippen LogP contribution is 2.23.